The second-order valence-electron chi connectivity index (χ2n) is 12.4. The van der Waals surface area contributed by atoms with Crippen LogP contribution in [0.4, 0.5) is 0 Å². The summed E-state index contributed by atoms with van der Waals surface area (Å²) in [6.07, 6.45) is 12.5. The van der Waals surface area contributed by atoms with Gasteiger partial charge in [-0.1, -0.05) is 20.8 Å². The number of hydrogen-bond acceptors (Lipinski definition) is 4. The third kappa shape index (κ3) is 4.73. The van der Waals surface area contributed by atoms with Crippen molar-refractivity contribution in [2.75, 3.05) is 13.2 Å². The van der Waals surface area contributed by atoms with Gasteiger partial charge in [-0.05, 0) is 117 Å². The van der Waals surface area contributed by atoms with E-state index < -0.39 is 0 Å². The molecule has 0 saturated heterocycles. The molecule has 0 aliphatic heterocycles. The van der Waals surface area contributed by atoms with Crippen LogP contribution in [0.3, 0.4) is 0 Å². The van der Waals surface area contributed by atoms with Crippen LogP contribution in [0.15, 0.2) is 0 Å². The van der Waals surface area contributed by atoms with Gasteiger partial charge >= 0.3 is 5.97 Å². The van der Waals surface area contributed by atoms with Crippen LogP contribution in [0.5, 0.6) is 0 Å². The zero-order valence-electron chi connectivity index (χ0n) is 21.4. The van der Waals surface area contributed by atoms with Crippen molar-refractivity contribution in [1.82, 2.24) is 5.32 Å². The first kappa shape index (κ1) is 25.0. The van der Waals surface area contributed by atoms with Crippen molar-refractivity contribution in [1.29, 1.82) is 0 Å². The summed E-state index contributed by atoms with van der Waals surface area (Å²) >= 11 is 0. The van der Waals surface area contributed by atoms with E-state index in [1.165, 1.54) is 44.9 Å². The lowest BCUT2D eigenvalue weighted by atomic mass is 9.44. The van der Waals surface area contributed by atoms with Crippen molar-refractivity contribution in [3.63, 3.8) is 0 Å². The van der Waals surface area contributed by atoms with Crippen molar-refractivity contribution < 1.29 is 19.4 Å². The van der Waals surface area contributed by atoms with E-state index in [4.69, 9.17) is 4.74 Å². The van der Waals surface area contributed by atoms with Crippen LogP contribution in [0.1, 0.15) is 98.3 Å². The van der Waals surface area contributed by atoms with E-state index in [1.54, 1.807) is 6.92 Å². The molecule has 9 atom stereocenters. The molecule has 4 aliphatic rings. The largest absolute Gasteiger partial charge is 0.465 e. The molecule has 0 aromatic carbocycles. The molecule has 0 aromatic heterocycles. The summed E-state index contributed by atoms with van der Waals surface area (Å²) in [5.41, 5.74) is 0.837. The van der Waals surface area contributed by atoms with Crippen LogP contribution < -0.4 is 5.32 Å². The van der Waals surface area contributed by atoms with E-state index >= 15 is 0 Å². The first-order chi connectivity index (χ1) is 15.7. The van der Waals surface area contributed by atoms with Crippen molar-refractivity contribution in [2.24, 2.45) is 46.3 Å². The Morgan fingerprint density at radius 3 is 2.52 bits per heavy atom. The van der Waals surface area contributed by atoms with Crippen LogP contribution in [0, 0.1) is 46.3 Å². The molecule has 1 amide bonds. The predicted octanol–water partition coefficient (Wildman–Crippen LogP) is 5.10. The minimum absolute atomic E-state index is 0.0237. The zero-order valence-corrected chi connectivity index (χ0v) is 21.4. The highest BCUT2D eigenvalue weighted by Gasteiger charge is 2.60. The minimum atomic E-state index is -0.363. The summed E-state index contributed by atoms with van der Waals surface area (Å²) < 4.78 is 4.89. The van der Waals surface area contributed by atoms with Crippen LogP contribution in [-0.2, 0) is 14.3 Å². The van der Waals surface area contributed by atoms with E-state index in [9.17, 15) is 14.7 Å². The normalized spacial score (nSPS) is 43.1. The smallest absolute Gasteiger partial charge is 0.325 e. The topological polar surface area (TPSA) is 75.6 Å². The molecular weight excluding hydrogens is 414 g/mol. The van der Waals surface area contributed by atoms with Crippen molar-refractivity contribution in [3.8, 4) is 0 Å². The highest BCUT2D eigenvalue weighted by atomic mass is 16.5. The second kappa shape index (κ2) is 9.87. The molecule has 4 fully saturated rings. The fourth-order valence-corrected chi connectivity index (χ4v) is 9.24. The Hall–Kier alpha value is -1.10. The highest BCUT2D eigenvalue weighted by molar-refractivity contribution is 5.81. The molecule has 188 valence electrons. The number of nitrogens with one attached hydrogen (secondary N) is 1. The van der Waals surface area contributed by atoms with Gasteiger partial charge in [-0.2, -0.15) is 0 Å². The number of carbonyl (C=O) groups excluding carboxylic acids is 2. The van der Waals surface area contributed by atoms with Crippen LogP contribution in [-0.4, -0.2) is 36.2 Å². The Morgan fingerprint density at radius 1 is 1.03 bits per heavy atom. The summed E-state index contributed by atoms with van der Waals surface area (Å²) in [6.45, 7) is 9.58. The second-order valence-corrected chi connectivity index (χ2v) is 12.4. The Kier molecular flexibility index (Phi) is 7.48. The zero-order chi connectivity index (χ0) is 23.8. The standard InChI is InChI=1S/C28H47NO4/c1-5-33-26(32)17-29-25(31)11-6-18(2)22-9-10-23-21-8-7-19-16-20(30)12-14-27(19,3)24(21)13-15-28(22,23)4/h18-24,30H,5-17H2,1-4H3,(H,29,31). The summed E-state index contributed by atoms with van der Waals surface area (Å²) in [5.74, 6) is 4.06. The SMILES string of the molecule is CCOC(=O)CNC(=O)CCC(C)C1CCC2C3CCC4CC(O)CCC4(C)C3CCC12C. The summed E-state index contributed by atoms with van der Waals surface area (Å²) in [5, 5.41) is 13.0. The third-order valence-electron chi connectivity index (χ3n) is 11.0. The van der Waals surface area contributed by atoms with Crippen LogP contribution in [0.2, 0.25) is 0 Å². The summed E-state index contributed by atoms with van der Waals surface area (Å²) in [4.78, 5) is 23.8. The maximum absolute atomic E-state index is 12.3. The number of hydrogen-bond donors (Lipinski definition) is 2. The van der Waals surface area contributed by atoms with Gasteiger partial charge in [0.05, 0.1) is 12.7 Å². The number of fused-ring (bicyclic) bond motifs is 5. The Bertz CT molecular complexity index is 725. The van der Waals surface area contributed by atoms with Gasteiger partial charge < -0.3 is 15.2 Å². The van der Waals surface area contributed by atoms with E-state index in [-0.39, 0.29) is 24.5 Å². The van der Waals surface area contributed by atoms with Gasteiger partial charge in [-0.3, -0.25) is 9.59 Å². The first-order valence-electron chi connectivity index (χ1n) is 13.8. The molecule has 9 unspecified atom stereocenters. The minimum Gasteiger partial charge on any atom is -0.465 e. The van der Waals surface area contributed by atoms with Crippen LogP contribution >= 0.6 is 0 Å². The molecule has 0 bridgehead atoms. The molecule has 4 aliphatic carbocycles. The number of ether oxygens (including phenoxy) is 1. The van der Waals surface area contributed by atoms with Gasteiger partial charge in [0.15, 0.2) is 0 Å². The Balaban J connectivity index is 1.35. The molecule has 0 spiro atoms. The fourth-order valence-electron chi connectivity index (χ4n) is 9.24. The fraction of sp³-hybridized carbons (Fsp3) is 0.929. The number of carbonyl (C=O) groups is 2. The quantitative estimate of drug-likeness (QED) is 0.517. The summed E-state index contributed by atoms with van der Waals surface area (Å²) in [6, 6.07) is 0. The number of aliphatic hydroxyl groups is 1. The lowest BCUT2D eigenvalue weighted by molar-refractivity contribution is -0.143. The molecule has 0 aromatic rings. The van der Waals surface area contributed by atoms with Gasteiger partial charge in [-0.25, -0.2) is 0 Å². The predicted molar refractivity (Wildman–Crippen MR) is 129 cm³/mol. The maximum atomic E-state index is 12.3. The van der Waals surface area contributed by atoms with E-state index in [2.05, 4.69) is 26.1 Å². The van der Waals surface area contributed by atoms with Gasteiger partial charge in [0.2, 0.25) is 5.91 Å². The molecule has 33 heavy (non-hydrogen) atoms. The van der Waals surface area contributed by atoms with Crippen LogP contribution in [0.25, 0.3) is 0 Å². The maximum Gasteiger partial charge on any atom is 0.325 e. The molecule has 4 saturated carbocycles. The monoisotopic (exact) mass is 461 g/mol. The molecule has 4 rings (SSSR count). The Morgan fingerprint density at radius 2 is 1.76 bits per heavy atom. The van der Waals surface area contributed by atoms with Gasteiger partial charge in [0, 0.05) is 6.42 Å². The number of rotatable bonds is 7. The Labute approximate surface area is 200 Å². The van der Waals surface area contributed by atoms with E-state index in [0.717, 1.165) is 42.9 Å². The van der Waals surface area contributed by atoms with Crippen molar-refractivity contribution in [3.05, 3.63) is 0 Å². The highest BCUT2D eigenvalue weighted by Crippen LogP contribution is 2.68. The molecule has 0 heterocycles. The number of aliphatic hydroxyl groups excluding tert-OH is 1. The average Bonchev–Trinajstić information content (AvgIpc) is 3.14. The third-order valence-corrected chi connectivity index (χ3v) is 11.0. The summed E-state index contributed by atoms with van der Waals surface area (Å²) in [7, 11) is 0. The number of amides is 1. The number of esters is 1. The van der Waals surface area contributed by atoms with Crippen molar-refractivity contribution in [2.45, 2.75) is 104 Å². The molecule has 2 N–H and O–H groups in total. The lowest BCUT2D eigenvalue weighted by Crippen LogP contribution is -2.54. The van der Waals surface area contributed by atoms with E-state index in [0.29, 0.717) is 35.7 Å². The first-order valence-corrected chi connectivity index (χ1v) is 13.8. The average molecular weight is 462 g/mol. The molecule has 5 heteroatoms. The van der Waals surface area contributed by atoms with Crippen molar-refractivity contribution >= 4 is 11.9 Å². The van der Waals surface area contributed by atoms with E-state index in [1.807, 2.05) is 0 Å². The molecular formula is C28H47NO4. The molecule has 5 nitrogen and oxygen atoms in total. The molecule has 0 radical (unpaired) electrons. The lowest BCUT2D eigenvalue weighted by Gasteiger charge is -2.61. The van der Waals surface area contributed by atoms with Gasteiger partial charge in [-0.15, -0.1) is 0 Å². The van der Waals surface area contributed by atoms with Gasteiger partial charge in [0.1, 0.15) is 6.54 Å². The van der Waals surface area contributed by atoms with Gasteiger partial charge in [0.25, 0.3) is 0 Å².